The molecule has 1 aromatic carbocycles. The second-order valence-corrected chi connectivity index (χ2v) is 4.93. The first-order valence-electron chi connectivity index (χ1n) is 4.77. The van der Waals surface area contributed by atoms with Crippen LogP contribution in [0.3, 0.4) is 0 Å². The Morgan fingerprint density at radius 3 is 2.74 bits per heavy atom. The Morgan fingerprint density at radius 2 is 2.05 bits per heavy atom. The summed E-state index contributed by atoms with van der Waals surface area (Å²) in [6.07, 6.45) is 1.07. The smallest absolute Gasteiger partial charge is 0.368 e. The van der Waals surface area contributed by atoms with Gasteiger partial charge in [-0.3, -0.25) is 10.1 Å². The Kier molecular flexibility index (Phi) is 4.18. The van der Waals surface area contributed by atoms with E-state index in [-0.39, 0.29) is 21.8 Å². The SMILES string of the molecule is O=[N+]([O-])c1c(Cl)ncnc1Oc1cc(Br)ccc1Cl. The summed E-state index contributed by atoms with van der Waals surface area (Å²) in [5.74, 6) is -0.0566. The van der Waals surface area contributed by atoms with Crippen LogP contribution in [0.4, 0.5) is 5.69 Å². The summed E-state index contributed by atoms with van der Waals surface area (Å²) < 4.78 is 6.03. The summed E-state index contributed by atoms with van der Waals surface area (Å²) in [4.78, 5) is 17.4. The van der Waals surface area contributed by atoms with Crippen LogP contribution in [0.15, 0.2) is 29.0 Å². The average Bonchev–Trinajstić information content (AvgIpc) is 2.33. The molecule has 0 saturated carbocycles. The number of nitro groups is 1. The Hall–Kier alpha value is -1.44. The van der Waals surface area contributed by atoms with Gasteiger partial charge < -0.3 is 4.74 Å². The van der Waals surface area contributed by atoms with E-state index < -0.39 is 10.6 Å². The van der Waals surface area contributed by atoms with Crippen LogP contribution in [0, 0.1) is 10.1 Å². The van der Waals surface area contributed by atoms with Crippen molar-refractivity contribution in [2.24, 2.45) is 0 Å². The highest BCUT2D eigenvalue weighted by Gasteiger charge is 2.24. The van der Waals surface area contributed by atoms with Gasteiger partial charge in [0.25, 0.3) is 0 Å². The Morgan fingerprint density at radius 1 is 1.32 bits per heavy atom. The number of hydrogen-bond donors (Lipinski definition) is 0. The highest BCUT2D eigenvalue weighted by molar-refractivity contribution is 9.10. The van der Waals surface area contributed by atoms with Crippen molar-refractivity contribution in [3.8, 4) is 11.6 Å². The maximum absolute atomic E-state index is 10.9. The van der Waals surface area contributed by atoms with Gasteiger partial charge in [0.15, 0.2) is 0 Å². The molecule has 1 aromatic heterocycles. The molecule has 6 nitrogen and oxygen atoms in total. The van der Waals surface area contributed by atoms with E-state index in [9.17, 15) is 10.1 Å². The van der Waals surface area contributed by atoms with Gasteiger partial charge in [0.2, 0.25) is 5.15 Å². The molecule has 0 amide bonds. The van der Waals surface area contributed by atoms with Gasteiger partial charge in [0.05, 0.1) is 9.95 Å². The molecule has 98 valence electrons. The third-order valence-corrected chi connectivity index (χ3v) is 3.11. The quantitative estimate of drug-likeness (QED) is 0.462. The van der Waals surface area contributed by atoms with E-state index in [0.717, 1.165) is 6.33 Å². The highest BCUT2D eigenvalue weighted by Crippen LogP contribution is 2.37. The number of aromatic nitrogens is 2. The summed E-state index contributed by atoms with van der Waals surface area (Å²) in [7, 11) is 0. The first-order chi connectivity index (χ1) is 8.99. The van der Waals surface area contributed by atoms with E-state index in [1.165, 1.54) is 0 Å². The fourth-order valence-corrected chi connectivity index (χ4v) is 1.92. The lowest BCUT2D eigenvalue weighted by Gasteiger charge is -2.07. The van der Waals surface area contributed by atoms with Gasteiger partial charge in [-0.1, -0.05) is 39.1 Å². The van der Waals surface area contributed by atoms with Crippen molar-refractivity contribution >= 4 is 44.8 Å². The largest absolute Gasteiger partial charge is 0.432 e. The second kappa shape index (κ2) is 5.68. The minimum atomic E-state index is -0.719. The summed E-state index contributed by atoms with van der Waals surface area (Å²) in [5, 5.41) is 10.9. The first kappa shape index (κ1) is 14.0. The summed E-state index contributed by atoms with van der Waals surface area (Å²) in [6, 6.07) is 4.84. The molecule has 0 unspecified atom stereocenters. The van der Waals surface area contributed by atoms with Crippen molar-refractivity contribution in [1.82, 2.24) is 9.97 Å². The van der Waals surface area contributed by atoms with Crippen LogP contribution in [-0.4, -0.2) is 14.9 Å². The van der Waals surface area contributed by atoms with Gasteiger partial charge in [0.1, 0.15) is 12.1 Å². The number of hydrogen-bond acceptors (Lipinski definition) is 5. The lowest BCUT2D eigenvalue weighted by Crippen LogP contribution is -1.98. The van der Waals surface area contributed by atoms with Crippen LogP contribution >= 0.6 is 39.1 Å². The topological polar surface area (TPSA) is 78.2 Å². The summed E-state index contributed by atoms with van der Waals surface area (Å²) >= 11 is 14.8. The molecular formula is C10H4BrCl2N3O3. The number of nitrogens with zero attached hydrogens (tertiary/aromatic N) is 3. The van der Waals surface area contributed by atoms with Crippen molar-refractivity contribution in [1.29, 1.82) is 0 Å². The van der Waals surface area contributed by atoms with E-state index in [2.05, 4.69) is 25.9 Å². The molecular weight excluding hydrogens is 361 g/mol. The molecule has 0 N–H and O–H groups in total. The minimum Gasteiger partial charge on any atom is -0.432 e. The van der Waals surface area contributed by atoms with Gasteiger partial charge in [-0.05, 0) is 18.2 Å². The number of rotatable bonds is 3. The molecule has 0 saturated heterocycles. The average molecular weight is 365 g/mol. The normalized spacial score (nSPS) is 10.3. The fraction of sp³-hybridized carbons (Fsp3) is 0. The molecule has 0 bridgehead atoms. The molecule has 0 fully saturated rings. The number of benzene rings is 1. The third-order valence-electron chi connectivity index (χ3n) is 2.03. The van der Waals surface area contributed by atoms with Crippen LogP contribution in [0.25, 0.3) is 0 Å². The van der Waals surface area contributed by atoms with Crippen molar-refractivity contribution < 1.29 is 9.66 Å². The Labute approximate surface area is 125 Å². The molecule has 19 heavy (non-hydrogen) atoms. The zero-order valence-corrected chi connectivity index (χ0v) is 12.1. The van der Waals surface area contributed by atoms with Gasteiger partial charge in [-0.25, -0.2) is 4.98 Å². The monoisotopic (exact) mass is 363 g/mol. The van der Waals surface area contributed by atoms with E-state index in [4.69, 9.17) is 27.9 Å². The van der Waals surface area contributed by atoms with E-state index >= 15 is 0 Å². The molecule has 0 aliphatic rings. The molecule has 2 aromatic rings. The molecule has 9 heteroatoms. The maximum Gasteiger partial charge on any atom is 0.368 e. The molecule has 1 heterocycles. The predicted molar refractivity (Wildman–Crippen MR) is 72.9 cm³/mol. The van der Waals surface area contributed by atoms with Gasteiger partial charge in [-0.2, -0.15) is 4.98 Å². The van der Waals surface area contributed by atoms with Crippen LogP contribution < -0.4 is 4.74 Å². The van der Waals surface area contributed by atoms with E-state index in [1.807, 2.05) is 0 Å². The van der Waals surface area contributed by atoms with E-state index in [1.54, 1.807) is 18.2 Å². The molecule has 0 spiro atoms. The molecule has 0 radical (unpaired) electrons. The van der Waals surface area contributed by atoms with Crippen LogP contribution in [0.2, 0.25) is 10.2 Å². The predicted octanol–water partition coefficient (Wildman–Crippen LogP) is 4.25. The van der Waals surface area contributed by atoms with Gasteiger partial charge in [0, 0.05) is 4.47 Å². The fourth-order valence-electron chi connectivity index (χ4n) is 1.23. The molecule has 0 atom stereocenters. The zero-order chi connectivity index (χ0) is 14.0. The Balaban J connectivity index is 2.46. The van der Waals surface area contributed by atoms with Crippen LogP contribution in [-0.2, 0) is 0 Å². The van der Waals surface area contributed by atoms with Crippen molar-refractivity contribution in [2.75, 3.05) is 0 Å². The Bertz CT molecular complexity index is 654. The zero-order valence-electron chi connectivity index (χ0n) is 9.01. The molecule has 0 aliphatic heterocycles. The minimum absolute atomic E-state index is 0.217. The summed E-state index contributed by atoms with van der Waals surface area (Å²) in [5.41, 5.74) is -0.514. The standard InChI is InChI=1S/C10H4BrCl2N3O3/c11-5-1-2-6(12)7(3-5)19-10-8(16(17)18)9(13)14-4-15-10/h1-4H. The van der Waals surface area contributed by atoms with Crippen molar-refractivity contribution in [2.45, 2.75) is 0 Å². The van der Waals surface area contributed by atoms with Gasteiger partial charge in [-0.15, -0.1) is 0 Å². The molecule has 0 aliphatic carbocycles. The third kappa shape index (κ3) is 3.12. The van der Waals surface area contributed by atoms with E-state index in [0.29, 0.717) is 4.47 Å². The van der Waals surface area contributed by atoms with Crippen molar-refractivity contribution in [3.05, 3.63) is 49.3 Å². The molecule has 2 rings (SSSR count). The highest BCUT2D eigenvalue weighted by atomic mass is 79.9. The van der Waals surface area contributed by atoms with Crippen molar-refractivity contribution in [3.63, 3.8) is 0 Å². The lowest BCUT2D eigenvalue weighted by atomic mass is 10.3. The maximum atomic E-state index is 10.9. The van der Waals surface area contributed by atoms with Crippen LogP contribution in [0.5, 0.6) is 11.6 Å². The second-order valence-electron chi connectivity index (χ2n) is 3.25. The summed E-state index contributed by atoms with van der Waals surface area (Å²) in [6.45, 7) is 0. The lowest BCUT2D eigenvalue weighted by molar-refractivity contribution is -0.386. The number of ether oxygens (including phenoxy) is 1. The van der Waals surface area contributed by atoms with Crippen LogP contribution in [0.1, 0.15) is 0 Å². The number of halogens is 3. The van der Waals surface area contributed by atoms with Gasteiger partial charge >= 0.3 is 11.6 Å². The first-order valence-corrected chi connectivity index (χ1v) is 6.31.